The number of ether oxygens (including phenoxy) is 1. The maximum atomic E-state index is 9.83. The zero-order valence-corrected chi connectivity index (χ0v) is 20.7. The van der Waals surface area contributed by atoms with E-state index in [1.165, 1.54) is 42.6 Å². The Morgan fingerprint density at radius 1 is 0.912 bits per heavy atom. The number of phenolic OH excluding ortho intramolecular Hbond substituents is 1. The van der Waals surface area contributed by atoms with E-state index in [9.17, 15) is 5.11 Å². The predicted molar refractivity (Wildman–Crippen MR) is 142 cm³/mol. The monoisotopic (exact) mass is 455 g/mol. The first-order valence-electron chi connectivity index (χ1n) is 12.6. The lowest BCUT2D eigenvalue weighted by Crippen LogP contribution is -2.35. The zero-order valence-electron chi connectivity index (χ0n) is 20.7. The summed E-state index contributed by atoms with van der Waals surface area (Å²) in [6, 6.07) is 27.0. The van der Waals surface area contributed by atoms with Crippen LogP contribution in [0.15, 0.2) is 78.9 Å². The molecule has 1 heterocycles. The average molecular weight is 456 g/mol. The fourth-order valence-corrected chi connectivity index (χ4v) is 4.94. The van der Waals surface area contributed by atoms with Gasteiger partial charge in [0.25, 0.3) is 0 Å². The van der Waals surface area contributed by atoms with Gasteiger partial charge in [-0.05, 0) is 84.3 Å². The first kappa shape index (κ1) is 24.1. The van der Waals surface area contributed by atoms with Crippen molar-refractivity contribution >= 4 is 11.1 Å². The summed E-state index contributed by atoms with van der Waals surface area (Å²) in [5.74, 6) is 2.02. The minimum atomic E-state index is 0.280. The van der Waals surface area contributed by atoms with Crippen molar-refractivity contribution in [2.24, 2.45) is 5.92 Å². The van der Waals surface area contributed by atoms with Gasteiger partial charge in [0, 0.05) is 12.6 Å². The van der Waals surface area contributed by atoms with Gasteiger partial charge in [-0.25, -0.2) is 0 Å². The van der Waals surface area contributed by atoms with Crippen LogP contribution in [0, 0.1) is 5.92 Å². The molecule has 1 fully saturated rings. The number of hydrogen-bond donors (Lipinski definition) is 1. The fourth-order valence-electron chi connectivity index (χ4n) is 4.94. The molecule has 3 aromatic rings. The molecular weight excluding hydrogens is 418 g/mol. The van der Waals surface area contributed by atoms with Gasteiger partial charge in [0.15, 0.2) is 0 Å². The number of benzene rings is 3. The number of nitrogens with zero attached hydrogens (tertiary/aromatic N) is 1. The predicted octanol–water partition coefficient (Wildman–Crippen LogP) is 7.26. The van der Waals surface area contributed by atoms with E-state index in [0.29, 0.717) is 12.6 Å². The smallest absolute Gasteiger partial charge is 0.119 e. The Bertz CT molecular complexity index is 1070. The third-order valence-electron chi connectivity index (χ3n) is 7.09. The maximum absolute atomic E-state index is 9.83. The highest BCUT2D eigenvalue weighted by Crippen LogP contribution is 2.35. The second-order valence-electron chi connectivity index (χ2n) is 9.36. The van der Waals surface area contributed by atoms with Gasteiger partial charge in [0.05, 0.1) is 0 Å². The molecule has 3 aromatic carbocycles. The number of hydrogen-bond acceptors (Lipinski definition) is 3. The highest BCUT2D eigenvalue weighted by molar-refractivity contribution is 5.98. The number of rotatable bonds is 9. The van der Waals surface area contributed by atoms with Gasteiger partial charge >= 0.3 is 0 Å². The summed E-state index contributed by atoms with van der Waals surface area (Å²) in [7, 11) is 0. The highest BCUT2D eigenvalue weighted by atomic mass is 16.5. The molecule has 0 saturated carbocycles. The van der Waals surface area contributed by atoms with E-state index in [1.54, 1.807) is 12.1 Å². The van der Waals surface area contributed by atoms with Gasteiger partial charge < -0.3 is 9.84 Å². The lowest BCUT2D eigenvalue weighted by Gasteiger charge is -2.24. The molecule has 0 unspecified atom stereocenters. The standard InChI is InChI=1S/C31H37NO2/c1-4-24-19-20-32(21-24)23(3)22-34-29-17-13-27(14-18-29)31(26-11-15-28(33)16-12-26)30(5-2)25-9-7-6-8-10-25/h6-18,23-24,33H,4-5,19-22H2,1-3H3/b31-30-/t23-,24+/m0/s1. The Morgan fingerprint density at radius 3 is 2.15 bits per heavy atom. The molecule has 0 aliphatic carbocycles. The molecule has 1 N–H and O–H groups in total. The van der Waals surface area contributed by atoms with Crippen LogP contribution in [0.3, 0.4) is 0 Å². The van der Waals surface area contributed by atoms with Crippen LogP contribution in [0.2, 0.25) is 0 Å². The van der Waals surface area contributed by atoms with Crippen molar-refractivity contribution in [3.63, 3.8) is 0 Å². The van der Waals surface area contributed by atoms with Crippen LogP contribution in [0.4, 0.5) is 0 Å². The first-order valence-corrected chi connectivity index (χ1v) is 12.6. The molecule has 34 heavy (non-hydrogen) atoms. The number of phenols is 1. The van der Waals surface area contributed by atoms with Gasteiger partial charge in [-0.2, -0.15) is 0 Å². The van der Waals surface area contributed by atoms with E-state index < -0.39 is 0 Å². The van der Waals surface area contributed by atoms with Gasteiger partial charge in [-0.15, -0.1) is 0 Å². The second kappa shape index (κ2) is 11.4. The topological polar surface area (TPSA) is 32.7 Å². The molecule has 178 valence electrons. The van der Waals surface area contributed by atoms with Crippen molar-refractivity contribution in [1.29, 1.82) is 0 Å². The average Bonchev–Trinajstić information content (AvgIpc) is 3.37. The summed E-state index contributed by atoms with van der Waals surface area (Å²) in [5.41, 5.74) is 5.94. The van der Waals surface area contributed by atoms with Crippen LogP contribution in [0.1, 0.15) is 56.7 Å². The third-order valence-corrected chi connectivity index (χ3v) is 7.09. The lowest BCUT2D eigenvalue weighted by atomic mass is 9.88. The van der Waals surface area contributed by atoms with Crippen LogP contribution in [0.25, 0.3) is 11.1 Å². The summed E-state index contributed by atoms with van der Waals surface area (Å²) >= 11 is 0. The molecule has 1 aliphatic rings. The minimum Gasteiger partial charge on any atom is -0.508 e. The molecular formula is C31H37NO2. The molecule has 0 bridgehead atoms. The minimum absolute atomic E-state index is 0.280. The molecule has 3 heteroatoms. The van der Waals surface area contributed by atoms with Crippen molar-refractivity contribution < 1.29 is 9.84 Å². The first-order chi connectivity index (χ1) is 16.6. The highest BCUT2D eigenvalue weighted by Gasteiger charge is 2.25. The Balaban J connectivity index is 1.57. The van der Waals surface area contributed by atoms with E-state index in [0.717, 1.165) is 29.2 Å². The summed E-state index contributed by atoms with van der Waals surface area (Å²) in [6.45, 7) is 9.84. The molecule has 2 atom stereocenters. The Hall–Kier alpha value is -3.04. The lowest BCUT2D eigenvalue weighted by molar-refractivity contribution is 0.168. The molecule has 4 rings (SSSR count). The van der Waals surface area contributed by atoms with Crippen LogP contribution in [0.5, 0.6) is 11.5 Å². The van der Waals surface area contributed by atoms with Crippen molar-refractivity contribution in [2.45, 2.75) is 46.1 Å². The van der Waals surface area contributed by atoms with Crippen LogP contribution in [-0.4, -0.2) is 35.7 Å². The van der Waals surface area contributed by atoms with Crippen molar-refractivity contribution in [2.75, 3.05) is 19.7 Å². The summed E-state index contributed by atoms with van der Waals surface area (Å²) in [6.07, 6.45) is 3.48. The number of aromatic hydroxyl groups is 1. The summed E-state index contributed by atoms with van der Waals surface area (Å²) in [4.78, 5) is 2.56. The molecule has 1 saturated heterocycles. The van der Waals surface area contributed by atoms with Gasteiger partial charge in [0.1, 0.15) is 18.1 Å². The maximum Gasteiger partial charge on any atom is 0.119 e. The summed E-state index contributed by atoms with van der Waals surface area (Å²) < 4.78 is 6.19. The van der Waals surface area contributed by atoms with Crippen LogP contribution >= 0.6 is 0 Å². The van der Waals surface area contributed by atoms with Crippen LogP contribution < -0.4 is 4.74 Å². The van der Waals surface area contributed by atoms with E-state index >= 15 is 0 Å². The Kier molecular flexibility index (Phi) is 8.08. The number of allylic oxidation sites excluding steroid dienone is 1. The molecule has 0 radical (unpaired) electrons. The molecule has 3 nitrogen and oxygen atoms in total. The Morgan fingerprint density at radius 2 is 1.56 bits per heavy atom. The van der Waals surface area contributed by atoms with Crippen LogP contribution in [-0.2, 0) is 0 Å². The van der Waals surface area contributed by atoms with Crippen molar-refractivity contribution in [3.05, 3.63) is 95.6 Å². The largest absolute Gasteiger partial charge is 0.508 e. The van der Waals surface area contributed by atoms with Gasteiger partial charge in [0.2, 0.25) is 0 Å². The third kappa shape index (κ3) is 5.71. The van der Waals surface area contributed by atoms with Gasteiger partial charge in [-0.3, -0.25) is 4.90 Å². The fraction of sp³-hybridized carbons (Fsp3) is 0.355. The van der Waals surface area contributed by atoms with E-state index in [4.69, 9.17) is 4.74 Å². The van der Waals surface area contributed by atoms with E-state index in [-0.39, 0.29) is 5.75 Å². The molecule has 0 aromatic heterocycles. The molecule has 0 amide bonds. The number of likely N-dealkylation sites (tertiary alicyclic amines) is 1. The SMILES string of the molecule is CC/C(=C(\c1ccc(O)cc1)c1ccc(OC[C@H](C)N2CC[C@@H](CC)C2)cc1)c1ccccc1. The molecule has 1 aliphatic heterocycles. The van der Waals surface area contributed by atoms with Crippen molar-refractivity contribution in [1.82, 2.24) is 4.90 Å². The van der Waals surface area contributed by atoms with E-state index in [2.05, 4.69) is 80.3 Å². The van der Waals surface area contributed by atoms with E-state index in [1.807, 2.05) is 12.1 Å². The second-order valence-corrected chi connectivity index (χ2v) is 9.36. The quantitative estimate of drug-likeness (QED) is 0.345. The van der Waals surface area contributed by atoms with Gasteiger partial charge in [-0.1, -0.05) is 74.9 Å². The zero-order chi connectivity index (χ0) is 23.9. The normalized spacial score (nSPS) is 17.9. The molecule has 0 spiro atoms. The van der Waals surface area contributed by atoms with Crippen molar-refractivity contribution in [3.8, 4) is 11.5 Å². The Labute approximate surface area is 204 Å². The summed E-state index contributed by atoms with van der Waals surface area (Å²) in [5, 5.41) is 9.83.